The van der Waals surface area contributed by atoms with Gasteiger partial charge in [-0.1, -0.05) is 43.5 Å². The molecule has 0 saturated heterocycles. The van der Waals surface area contributed by atoms with Crippen LogP contribution in [0.1, 0.15) is 27.2 Å². The van der Waals surface area contributed by atoms with Crippen molar-refractivity contribution in [3.63, 3.8) is 0 Å². The monoisotopic (exact) mass is 360 g/mol. The summed E-state index contributed by atoms with van der Waals surface area (Å²) in [6.07, 6.45) is 0.745. The second-order valence-corrected chi connectivity index (χ2v) is 6.20. The van der Waals surface area contributed by atoms with Crippen molar-refractivity contribution in [3.05, 3.63) is 28.2 Å². The topological polar surface area (TPSA) is 67.4 Å². The molecule has 0 heterocycles. The van der Waals surface area contributed by atoms with Crippen LogP contribution in [0.15, 0.2) is 18.2 Å². The standard InChI is InChI=1S/C16H22Cl2N2O3/c1-5-9(2)14(16(22)23-4)20-15(21)10(3)19-11-6-7-12(17)13(18)8-11/h6-10,14,19H,5H2,1-4H3,(H,20,21)/t9-,10-,14-/m0/s1. The molecule has 2 N–H and O–H groups in total. The molecule has 3 atom stereocenters. The normalized spacial score (nSPS) is 14.5. The van der Waals surface area contributed by atoms with Crippen LogP contribution >= 0.6 is 23.2 Å². The fraction of sp³-hybridized carbons (Fsp3) is 0.500. The average Bonchev–Trinajstić information content (AvgIpc) is 2.54. The molecule has 23 heavy (non-hydrogen) atoms. The predicted octanol–water partition coefficient (Wildman–Crippen LogP) is 3.50. The largest absolute Gasteiger partial charge is 0.467 e. The zero-order chi connectivity index (χ0) is 17.6. The molecule has 1 rings (SSSR count). The van der Waals surface area contributed by atoms with Gasteiger partial charge in [0.1, 0.15) is 12.1 Å². The Bertz CT molecular complexity index is 566. The number of halogens is 2. The average molecular weight is 361 g/mol. The lowest BCUT2D eigenvalue weighted by atomic mass is 9.99. The Morgan fingerprint density at radius 3 is 2.39 bits per heavy atom. The second kappa shape index (κ2) is 8.99. The van der Waals surface area contributed by atoms with Crippen LogP contribution in [0.25, 0.3) is 0 Å². The van der Waals surface area contributed by atoms with Gasteiger partial charge in [0.15, 0.2) is 0 Å². The minimum atomic E-state index is -0.671. The van der Waals surface area contributed by atoms with E-state index in [4.69, 9.17) is 27.9 Å². The van der Waals surface area contributed by atoms with Gasteiger partial charge < -0.3 is 15.4 Å². The summed E-state index contributed by atoms with van der Waals surface area (Å²) >= 11 is 11.8. The van der Waals surface area contributed by atoms with E-state index in [0.717, 1.165) is 6.42 Å². The van der Waals surface area contributed by atoms with Gasteiger partial charge in [-0.15, -0.1) is 0 Å². The zero-order valence-electron chi connectivity index (χ0n) is 13.7. The minimum Gasteiger partial charge on any atom is -0.467 e. The first-order chi connectivity index (χ1) is 10.8. The van der Waals surface area contributed by atoms with E-state index in [1.54, 1.807) is 25.1 Å². The Labute approximate surface area is 146 Å². The van der Waals surface area contributed by atoms with E-state index in [2.05, 4.69) is 10.6 Å². The third-order valence-electron chi connectivity index (χ3n) is 3.66. The Kier molecular flexibility index (Phi) is 7.65. The van der Waals surface area contributed by atoms with E-state index in [1.807, 2.05) is 13.8 Å². The molecule has 0 spiro atoms. The predicted molar refractivity (Wildman–Crippen MR) is 92.9 cm³/mol. The van der Waals surface area contributed by atoms with Gasteiger partial charge in [-0.25, -0.2) is 4.79 Å². The third kappa shape index (κ3) is 5.59. The molecular formula is C16H22Cl2N2O3. The summed E-state index contributed by atoms with van der Waals surface area (Å²) < 4.78 is 4.76. The molecule has 0 saturated carbocycles. The molecule has 128 valence electrons. The molecule has 0 unspecified atom stereocenters. The van der Waals surface area contributed by atoms with Gasteiger partial charge in [-0.3, -0.25) is 4.79 Å². The molecule has 0 bridgehead atoms. The number of methoxy groups -OCH3 is 1. The summed E-state index contributed by atoms with van der Waals surface area (Å²) in [6.45, 7) is 5.53. The molecule has 5 nitrogen and oxygen atoms in total. The SMILES string of the molecule is CC[C@H](C)[C@H](NC(=O)[C@H](C)Nc1ccc(Cl)c(Cl)c1)C(=O)OC. The van der Waals surface area contributed by atoms with Crippen LogP contribution in [-0.2, 0) is 14.3 Å². The molecule has 0 fully saturated rings. The number of rotatable bonds is 7. The maximum Gasteiger partial charge on any atom is 0.328 e. The quantitative estimate of drug-likeness (QED) is 0.730. The van der Waals surface area contributed by atoms with Crippen molar-refractivity contribution in [2.75, 3.05) is 12.4 Å². The molecular weight excluding hydrogens is 339 g/mol. The second-order valence-electron chi connectivity index (χ2n) is 5.39. The highest BCUT2D eigenvalue weighted by atomic mass is 35.5. The number of anilines is 1. The van der Waals surface area contributed by atoms with Crippen LogP contribution in [0, 0.1) is 5.92 Å². The molecule has 0 aliphatic rings. The highest BCUT2D eigenvalue weighted by molar-refractivity contribution is 6.42. The van der Waals surface area contributed by atoms with Gasteiger partial charge in [0, 0.05) is 5.69 Å². The number of benzene rings is 1. The molecule has 7 heteroatoms. The zero-order valence-corrected chi connectivity index (χ0v) is 15.2. The fourth-order valence-corrected chi connectivity index (χ4v) is 2.27. The first-order valence-corrected chi connectivity index (χ1v) is 8.15. The smallest absolute Gasteiger partial charge is 0.328 e. The van der Waals surface area contributed by atoms with Crippen molar-refractivity contribution >= 4 is 40.8 Å². The van der Waals surface area contributed by atoms with E-state index in [1.165, 1.54) is 7.11 Å². The van der Waals surface area contributed by atoms with Crippen LogP contribution in [0.4, 0.5) is 5.69 Å². The summed E-state index contributed by atoms with van der Waals surface area (Å²) in [5.74, 6) is -0.773. The molecule has 0 aromatic heterocycles. The van der Waals surface area contributed by atoms with Crippen LogP contribution in [-0.4, -0.2) is 31.1 Å². The number of esters is 1. The molecule has 0 radical (unpaired) electrons. The van der Waals surface area contributed by atoms with Gasteiger partial charge >= 0.3 is 5.97 Å². The van der Waals surface area contributed by atoms with E-state index in [0.29, 0.717) is 15.7 Å². The van der Waals surface area contributed by atoms with Crippen LogP contribution in [0.5, 0.6) is 0 Å². The van der Waals surface area contributed by atoms with Gasteiger partial charge in [0.2, 0.25) is 5.91 Å². The summed E-state index contributed by atoms with van der Waals surface area (Å²) in [7, 11) is 1.31. The number of nitrogens with one attached hydrogen (secondary N) is 2. The Balaban J connectivity index is 2.74. The summed E-state index contributed by atoms with van der Waals surface area (Å²) in [5.41, 5.74) is 0.667. The Morgan fingerprint density at radius 2 is 1.87 bits per heavy atom. The van der Waals surface area contributed by atoms with E-state index >= 15 is 0 Å². The highest BCUT2D eigenvalue weighted by Gasteiger charge is 2.28. The van der Waals surface area contributed by atoms with Crippen molar-refractivity contribution in [1.82, 2.24) is 5.32 Å². The first kappa shape index (κ1) is 19.6. The molecule has 0 aliphatic carbocycles. The molecule has 1 aromatic carbocycles. The molecule has 0 aliphatic heterocycles. The van der Waals surface area contributed by atoms with Gasteiger partial charge in [0.05, 0.1) is 17.2 Å². The van der Waals surface area contributed by atoms with Crippen molar-refractivity contribution in [3.8, 4) is 0 Å². The lowest BCUT2D eigenvalue weighted by Crippen LogP contribution is -2.50. The van der Waals surface area contributed by atoms with Gasteiger partial charge in [-0.2, -0.15) is 0 Å². The van der Waals surface area contributed by atoms with Crippen molar-refractivity contribution < 1.29 is 14.3 Å². The van der Waals surface area contributed by atoms with Crippen LogP contribution in [0.3, 0.4) is 0 Å². The van der Waals surface area contributed by atoms with Gasteiger partial charge in [0.25, 0.3) is 0 Å². The fourth-order valence-electron chi connectivity index (χ4n) is 1.98. The lowest BCUT2D eigenvalue weighted by molar-refractivity contribution is -0.146. The Morgan fingerprint density at radius 1 is 1.22 bits per heavy atom. The van der Waals surface area contributed by atoms with Gasteiger partial charge in [-0.05, 0) is 31.0 Å². The summed E-state index contributed by atoms with van der Waals surface area (Å²) in [4.78, 5) is 24.1. The number of carbonyl (C=O) groups is 2. The number of hydrogen-bond donors (Lipinski definition) is 2. The summed E-state index contributed by atoms with van der Waals surface area (Å²) in [6, 6.07) is 3.79. The van der Waals surface area contributed by atoms with Crippen LogP contribution in [0.2, 0.25) is 10.0 Å². The lowest BCUT2D eigenvalue weighted by Gasteiger charge is -2.24. The number of amides is 1. The number of carbonyl (C=O) groups excluding carboxylic acids is 2. The van der Waals surface area contributed by atoms with Crippen molar-refractivity contribution in [2.24, 2.45) is 5.92 Å². The maximum atomic E-state index is 12.3. The van der Waals surface area contributed by atoms with Crippen molar-refractivity contribution in [1.29, 1.82) is 0 Å². The summed E-state index contributed by atoms with van der Waals surface area (Å²) in [5, 5.41) is 6.59. The van der Waals surface area contributed by atoms with Crippen LogP contribution < -0.4 is 10.6 Å². The number of hydrogen-bond acceptors (Lipinski definition) is 4. The van der Waals surface area contributed by atoms with E-state index in [9.17, 15) is 9.59 Å². The maximum absolute atomic E-state index is 12.3. The first-order valence-electron chi connectivity index (χ1n) is 7.39. The minimum absolute atomic E-state index is 0.0245. The number of ether oxygens (including phenoxy) is 1. The molecule has 1 amide bonds. The van der Waals surface area contributed by atoms with E-state index in [-0.39, 0.29) is 11.8 Å². The Hall–Kier alpha value is -1.46. The van der Waals surface area contributed by atoms with E-state index < -0.39 is 18.1 Å². The molecule has 1 aromatic rings. The highest BCUT2D eigenvalue weighted by Crippen LogP contribution is 2.25. The third-order valence-corrected chi connectivity index (χ3v) is 4.40. The van der Waals surface area contributed by atoms with Crippen molar-refractivity contribution in [2.45, 2.75) is 39.3 Å².